The van der Waals surface area contributed by atoms with Crippen LogP contribution in [-0.4, -0.2) is 5.11 Å². The molecule has 2 rings (SSSR count). The van der Waals surface area contributed by atoms with Gasteiger partial charge in [-0.05, 0) is 29.5 Å². The van der Waals surface area contributed by atoms with Crippen LogP contribution >= 0.6 is 0 Å². The highest BCUT2D eigenvalue weighted by molar-refractivity contribution is 5.51. The Morgan fingerprint density at radius 3 is 3.08 bits per heavy atom. The molecule has 0 fully saturated rings. The van der Waals surface area contributed by atoms with Gasteiger partial charge in [0.1, 0.15) is 0 Å². The lowest BCUT2D eigenvalue weighted by Gasteiger charge is -2.03. The van der Waals surface area contributed by atoms with Gasteiger partial charge >= 0.3 is 0 Å². The molecule has 1 heteroatoms. The van der Waals surface area contributed by atoms with E-state index in [0.29, 0.717) is 0 Å². The number of rotatable bonds is 1. The summed E-state index contributed by atoms with van der Waals surface area (Å²) in [6, 6.07) is 6.11. The molecule has 1 nitrogen and oxygen atoms in total. The van der Waals surface area contributed by atoms with Gasteiger partial charge in [-0.15, -0.1) is 0 Å². The molecule has 1 N–H and O–H groups in total. The molecule has 1 unspecified atom stereocenters. The number of hydrogen-bond donors (Lipinski definition) is 1. The van der Waals surface area contributed by atoms with Gasteiger partial charge in [-0.3, -0.25) is 0 Å². The second-order valence-corrected chi connectivity index (χ2v) is 3.22. The quantitative estimate of drug-likeness (QED) is 0.668. The van der Waals surface area contributed by atoms with Crippen LogP contribution < -0.4 is 0 Å². The second kappa shape index (κ2) is 2.76. The van der Waals surface area contributed by atoms with Gasteiger partial charge in [-0.1, -0.05) is 30.9 Å². The van der Waals surface area contributed by atoms with E-state index in [0.717, 1.165) is 24.0 Å². The number of fused-ring (bicyclic) bond motifs is 1. The average Bonchev–Trinajstić information content (AvgIpc) is 2.47. The topological polar surface area (TPSA) is 20.2 Å². The van der Waals surface area contributed by atoms with Crippen molar-refractivity contribution in [1.82, 2.24) is 0 Å². The molecular weight excluding hydrogens is 148 g/mol. The molecule has 0 bridgehead atoms. The van der Waals surface area contributed by atoms with Crippen molar-refractivity contribution in [3.8, 4) is 0 Å². The van der Waals surface area contributed by atoms with Gasteiger partial charge in [-0.2, -0.15) is 0 Å². The Balaban J connectivity index is 2.48. The van der Waals surface area contributed by atoms with Crippen LogP contribution in [0.4, 0.5) is 0 Å². The minimum Gasteiger partial charge on any atom is -0.388 e. The monoisotopic (exact) mass is 160 g/mol. The molecule has 0 saturated carbocycles. The molecule has 0 saturated heterocycles. The fourth-order valence-corrected chi connectivity index (χ4v) is 1.74. The van der Waals surface area contributed by atoms with E-state index in [9.17, 15) is 5.11 Å². The first-order valence-corrected chi connectivity index (χ1v) is 4.24. The summed E-state index contributed by atoms with van der Waals surface area (Å²) in [6.45, 7) is 3.71. The highest BCUT2D eigenvalue weighted by Gasteiger charge is 2.19. The van der Waals surface area contributed by atoms with Crippen LogP contribution in [0.3, 0.4) is 0 Å². The maximum absolute atomic E-state index is 9.52. The normalized spacial score (nSPS) is 20.6. The van der Waals surface area contributed by atoms with Crippen molar-refractivity contribution in [2.75, 3.05) is 0 Å². The molecule has 0 heterocycles. The number of aliphatic hydroxyl groups excluding tert-OH is 1. The first-order valence-electron chi connectivity index (χ1n) is 4.24. The van der Waals surface area contributed by atoms with Crippen molar-refractivity contribution in [2.24, 2.45) is 0 Å². The zero-order valence-corrected chi connectivity index (χ0v) is 6.96. The smallest absolute Gasteiger partial charge is 0.0795 e. The maximum Gasteiger partial charge on any atom is 0.0795 e. The van der Waals surface area contributed by atoms with Crippen LogP contribution in [0.2, 0.25) is 0 Å². The molecular formula is C11H12O. The lowest BCUT2D eigenvalue weighted by molar-refractivity contribution is 0.180. The lowest BCUT2D eigenvalue weighted by atomic mass is 10.1. The van der Waals surface area contributed by atoms with Crippen LogP contribution in [0, 0.1) is 0 Å². The first-order chi connectivity index (χ1) is 5.81. The molecule has 1 aliphatic carbocycles. The largest absolute Gasteiger partial charge is 0.388 e. The summed E-state index contributed by atoms with van der Waals surface area (Å²) in [5.74, 6) is 0. The van der Waals surface area contributed by atoms with Gasteiger partial charge < -0.3 is 5.11 Å². The van der Waals surface area contributed by atoms with E-state index in [1.165, 1.54) is 5.56 Å². The summed E-state index contributed by atoms with van der Waals surface area (Å²) >= 11 is 0. The highest BCUT2D eigenvalue weighted by atomic mass is 16.3. The molecule has 0 aliphatic heterocycles. The van der Waals surface area contributed by atoms with Crippen molar-refractivity contribution in [3.05, 3.63) is 41.5 Å². The number of benzene rings is 1. The van der Waals surface area contributed by atoms with Crippen LogP contribution in [-0.2, 0) is 6.42 Å². The predicted molar refractivity (Wildman–Crippen MR) is 49.8 cm³/mol. The predicted octanol–water partition coefficient (Wildman–Crippen LogP) is 2.31. The summed E-state index contributed by atoms with van der Waals surface area (Å²) in [7, 11) is 0. The Labute approximate surface area is 72.4 Å². The highest BCUT2D eigenvalue weighted by Crippen LogP contribution is 2.31. The zero-order valence-electron chi connectivity index (χ0n) is 6.96. The van der Waals surface area contributed by atoms with E-state index in [2.05, 4.69) is 12.6 Å². The van der Waals surface area contributed by atoms with E-state index in [-0.39, 0.29) is 6.10 Å². The Morgan fingerprint density at radius 1 is 1.50 bits per heavy atom. The van der Waals surface area contributed by atoms with Crippen LogP contribution in [0.1, 0.15) is 29.2 Å². The van der Waals surface area contributed by atoms with Gasteiger partial charge in [0.15, 0.2) is 0 Å². The molecule has 0 spiro atoms. The summed E-state index contributed by atoms with van der Waals surface area (Å²) in [5, 5.41) is 9.52. The zero-order chi connectivity index (χ0) is 8.55. The van der Waals surface area contributed by atoms with Gasteiger partial charge in [0, 0.05) is 0 Å². The molecule has 12 heavy (non-hydrogen) atoms. The summed E-state index contributed by atoms with van der Waals surface area (Å²) in [4.78, 5) is 0. The van der Waals surface area contributed by atoms with E-state index < -0.39 is 0 Å². The Morgan fingerprint density at radius 2 is 2.33 bits per heavy atom. The Kier molecular flexibility index (Phi) is 1.74. The molecule has 0 aromatic heterocycles. The standard InChI is InChI=1S/C11H12O/c1-2-8-3-5-10-9(7-8)4-6-11(10)12/h2-3,5,7,11-12H,1,4,6H2. The third kappa shape index (κ3) is 1.07. The molecule has 1 atom stereocenters. The van der Waals surface area contributed by atoms with Gasteiger partial charge in [0.05, 0.1) is 6.10 Å². The molecule has 62 valence electrons. The fourth-order valence-electron chi connectivity index (χ4n) is 1.74. The van der Waals surface area contributed by atoms with Crippen molar-refractivity contribution in [1.29, 1.82) is 0 Å². The summed E-state index contributed by atoms with van der Waals surface area (Å²) < 4.78 is 0. The van der Waals surface area contributed by atoms with Crippen molar-refractivity contribution >= 4 is 6.08 Å². The third-order valence-corrected chi connectivity index (χ3v) is 2.45. The minimum absolute atomic E-state index is 0.237. The van der Waals surface area contributed by atoms with Crippen molar-refractivity contribution in [3.63, 3.8) is 0 Å². The molecule has 1 aromatic rings. The molecule has 0 radical (unpaired) electrons. The van der Waals surface area contributed by atoms with Gasteiger partial charge in [-0.25, -0.2) is 0 Å². The van der Waals surface area contributed by atoms with Crippen LogP contribution in [0.25, 0.3) is 6.08 Å². The number of aryl methyl sites for hydroxylation is 1. The third-order valence-electron chi connectivity index (χ3n) is 2.45. The Bertz CT molecular complexity index is 315. The summed E-state index contributed by atoms with van der Waals surface area (Å²) in [6.07, 6.45) is 3.47. The average molecular weight is 160 g/mol. The molecule has 1 aromatic carbocycles. The summed E-state index contributed by atoms with van der Waals surface area (Å²) in [5.41, 5.74) is 3.52. The maximum atomic E-state index is 9.52. The number of hydrogen-bond acceptors (Lipinski definition) is 1. The van der Waals surface area contributed by atoms with E-state index in [1.54, 1.807) is 0 Å². The van der Waals surface area contributed by atoms with E-state index in [4.69, 9.17) is 0 Å². The van der Waals surface area contributed by atoms with Crippen molar-refractivity contribution in [2.45, 2.75) is 18.9 Å². The Hall–Kier alpha value is -1.08. The second-order valence-electron chi connectivity index (χ2n) is 3.22. The minimum atomic E-state index is -0.237. The fraction of sp³-hybridized carbons (Fsp3) is 0.273. The SMILES string of the molecule is C=Cc1ccc2c(c1)CCC2O. The van der Waals surface area contributed by atoms with Gasteiger partial charge in [0.25, 0.3) is 0 Å². The van der Waals surface area contributed by atoms with Crippen LogP contribution in [0.15, 0.2) is 24.8 Å². The van der Waals surface area contributed by atoms with Crippen molar-refractivity contribution < 1.29 is 5.11 Å². The molecule has 0 amide bonds. The van der Waals surface area contributed by atoms with E-state index >= 15 is 0 Å². The van der Waals surface area contributed by atoms with Gasteiger partial charge in [0.2, 0.25) is 0 Å². The first kappa shape index (κ1) is 7.56. The lowest BCUT2D eigenvalue weighted by Crippen LogP contribution is -1.89. The van der Waals surface area contributed by atoms with Crippen LogP contribution in [0.5, 0.6) is 0 Å². The van der Waals surface area contributed by atoms with E-state index in [1.807, 2.05) is 18.2 Å². The number of aliphatic hydroxyl groups is 1. The molecule has 1 aliphatic rings.